The predicted octanol–water partition coefficient (Wildman–Crippen LogP) is 3.86. The van der Waals surface area contributed by atoms with Gasteiger partial charge in [0.1, 0.15) is 0 Å². The number of nitrogens with zero attached hydrogens (tertiary/aromatic N) is 1. The highest BCUT2D eigenvalue weighted by molar-refractivity contribution is 7.10. The summed E-state index contributed by atoms with van der Waals surface area (Å²) in [6.07, 6.45) is 2.23. The van der Waals surface area contributed by atoms with Crippen LogP contribution in [0, 0.1) is 0 Å². The second-order valence-corrected chi connectivity index (χ2v) is 6.04. The third kappa shape index (κ3) is 1.45. The molecule has 0 fully saturated rings. The molecule has 3 heterocycles. The molecule has 0 saturated heterocycles. The van der Waals surface area contributed by atoms with E-state index in [2.05, 4.69) is 24.4 Å². The molecule has 0 N–H and O–H groups in total. The Balaban J connectivity index is 1.93. The van der Waals surface area contributed by atoms with Crippen LogP contribution < -0.4 is 0 Å². The first-order chi connectivity index (χ1) is 9.25. The van der Waals surface area contributed by atoms with Gasteiger partial charge in [0.25, 0.3) is 5.91 Å². The summed E-state index contributed by atoms with van der Waals surface area (Å²) in [5.74, 6) is 0.502. The topological polar surface area (TPSA) is 20.3 Å². The van der Waals surface area contributed by atoms with Crippen molar-refractivity contribution in [3.05, 3.63) is 63.4 Å². The monoisotopic (exact) mass is 267 g/mol. The van der Waals surface area contributed by atoms with Crippen molar-refractivity contribution in [1.82, 2.24) is 4.90 Å². The van der Waals surface area contributed by atoms with Crippen molar-refractivity contribution in [2.24, 2.45) is 0 Å². The van der Waals surface area contributed by atoms with E-state index in [0.29, 0.717) is 12.5 Å². The van der Waals surface area contributed by atoms with Gasteiger partial charge in [0.05, 0.1) is 6.54 Å². The molecule has 1 aromatic carbocycles. The fourth-order valence-corrected chi connectivity index (χ4v) is 3.94. The first-order valence-electron chi connectivity index (χ1n) is 6.45. The summed E-state index contributed by atoms with van der Waals surface area (Å²) in [5.41, 5.74) is 4.27. The lowest BCUT2D eigenvalue weighted by Gasteiger charge is -2.16. The fraction of sp³-hybridized carbons (Fsp3) is 0.188. The Morgan fingerprint density at radius 1 is 1.21 bits per heavy atom. The van der Waals surface area contributed by atoms with Gasteiger partial charge in [0.15, 0.2) is 0 Å². The minimum absolute atomic E-state index is 0.133. The number of thiophene rings is 1. The number of amides is 1. The van der Waals surface area contributed by atoms with E-state index in [1.165, 1.54) is 10.4 Å². The molecule has 0 saturated carbocycles. The molecule has 1 amide bonds. The van der Waals surface area contributed by atoms with Crippen molar-refractivity contribution in [2.75, 3.05) is 0 Å². The lowest BCUT2D eigenvalue weighted by Crippen LogP contribution is -2.21. The van der Waals surface area contributed by atoms with Crippen molar-refractivity contribution in [3.63, 3.8) is 0 Å². The maximum absolute atomic E-state index is 12.5. The van der Waals surface area contributed by atoms with Gasteiger partial charge in [-0.25, -0.2) is 0 Å². The van der Waals surface area contributed by atoms with Gasteiger partial charge in [-0.05, 0) is 23.1 Å². The molecule has 0 radical (unpaired) electrons. The average molecular weight is 267 g/mol. The molecule has 4 rings (SSSR count). The summed E-state index contributed by atoms with van der Waals surface area (Å²) >= 11 is 1.79. The van der Waals surface area contributed by atoms with Gasteiger partial charge in [-0.2, -0.15) is 0 Å². The molecule has 1 aromatic heterocycles. The number of rotatable bonds is 0. The number of hydrogen-bond donors (Lipinski definition) is 0. The zero-order valence-corrected chi connectivity index (χ0v) is 11.4. The van der Waals surface area contributed by atoms with Crippen LogP contribution in [0.2, 0.25) is 0 Å². The lowest BCUT2D eigenvalue weighted by atomic mass is 10.0. The molecule has 2 aliphatic rings. The van der Waals surface area contributed by atoms with E-state index < -0.39 is 0 Å². The van der Waals surface area contributed by atoms with Crippen molar-refractivity contribution in [3.8, 4) is 0 Å². The van der Waals surface area contributed by atoms with E-state index >= 15 is 0 Å². The molecular formula is C16H13NOS. The van der Waals surface area contributed by atoms with Crippen molar-refractivity contribution < 1.29 is 4.79 Å². The Morgan fingerprint density at radius 3 is 2.84 bits per heavy atom. The molecule has 2 aliphatic heterocycles. The maximum atomic E-state index is 12.5. The summed E-state index contributed by atoms with van der Waals surface area (Å²) in [6, 6.07) is 10.0. The van der Waals surface area contributed by atoms with E-state index in [4.69, 9.17) is 0 Å². The van der Waals surface area contributed by atoms with Gasteiger partial charge >= 0.3 is 0 Å². The number of fused-ring (bicyclic) bond motifs is 4. The molecule has 1 unspecified atom stereocenters. The van der Waals surface area contributed by atoms with Crippen molar-refractivity contribution >= 4 is 22.9 Å². The standard InChI is InChI=1S/C16H13NOS/c1-10-8-14-12-4-2-3-5-13(12)16(18)17(14)9-11-6-7-19-15(10)11/h2-8,10H,9H2,1H3. The number of benzene rings is 1. The maximum Gasteiger partial charge on any atom is 0.259 e. The van der Waals surface area contributed by atoms with Crippen LogP contribution in [0.25, 0.3) is 5.70 Å². The second kappa shape index (κ2) is 3.81. The SMILES string of the molecule is CC1C=C2c3ccccc3C(=O)N2Cc2ccsc21. The number of allylic oxidation sites excluding steroid dienone is 1. The van der Waals surface area contributed by atoms with Crippen LogP contribution in [0.3, 0.4) is 0 Å². The third-order valence-electron chi connectivity index (χ3n) is 3.90. The Kier molecular flexibility index (Phi) is 2.21. The van der Waals surface area contributed by atoms with E-state index in [1.807, 2.05) is 29.2 Å². The number of carbonyl (C=O) groups is 1. The fourth-order valence-electron chi connectivity index (χ4n) is 2.99. The highest BCUT2D eigenvalue weighted by Gasteiger charge is 2.34. The molecule has 2 nitrogen and oxygen atoms in total. The van der Waals surface area contributed by atoms with E-state index in [-0.39, 0.29) is 5.91 Å². The first-order valence-corrected chi connectivity index (χ1v) is 7.33. The third-order valence-corrected chi connectivity index (χ3v) is 5.06. The lowest BCUT2D eigenvalue weighted by molar-refractivity contribution is 0.0843. The second-order valence-electron chi connectivity index (χ2n) is 5.09. The van der Waals surface area contributed by atoms with Gasteiger partial charge in [-0.15, -0.1) is 11.3 Å². The Labute approximate surface area is 116 Å². The molecule has 0 aliphatic carbocycles. The Hall–Kier alpha value is -1.87. The van der Waals surface area contributed by atoms with Crippen LogP contribution in [-0.4, -0.2) is 10.8 Å². The summed E-state index contributed by atoms with van der Waals surface area (Å²) in [7, 11) is 0. The largest absolute Gasteiger partial charge is 0.304 e. The van der Waals surface area contributed by atoms with Crippen molar-refractivity contribution in [1.29, 1.82) is 0 Å². The Morgan fingerprint density at radius 2 is 2.00 bits per heavy atom. The summed E-state index contributed by atoms with van der Waals surface area (Å²) in [6.45, 7) is 2.90. The zero-order valence-electron chi connectivity index (χ0n) is 10.6. The van der Waals surface area contributed by atoms with Gasteiger partial charge in [-0.3, -0.25) is 4.79 Å². The van der Waals surface area contributed by atoms with Crippen LogP contribution in [0.1, 0.15) is 39.2 Å². The van der Waals surface area contributed by atoms with Gasteiger partial charge in [-0.1, -0.05) is 31.2 Å². The number of carbonyl (C=O) groups excluding carboxylic acids is 1. The van der Waals surface area contributed by atoms with Crippen LogP contribution >= 0.6 is 11.3 Å². The molecular weight excluding hydrogens is 254 g/mol. The van der Waals surface area contributed by atoms with Crippen LogP contribution in [0.4, 0.5) is 0 Å². The molecule has 0 bridgehead atoms. The van der Waals surface area contributed by atoms with Crippen LogP contribution in [0.5, 0.6) is 0 Å². The molecule has 3 heteroatoms. The summed E-state index contributed by atoms with van der Waals surface area (Å²) in [5, 5.41) is 2.12. The quantitative estimate of drug-likeness (QED) is 0.709. The van der Waals surface area contributed by atoms with Crippen LogP contribution in [-0.2, 0) is 6.54 Å². The van der Waals surface area contributed by atoms with E-state index in [1.54, 1.807) is 11.3 Å². The van der Waals surface area contributed by atoms with Gasteiger partial charge in [0, 0.05) is 27.6 Å². The zero-order chi connectivity index (χ0) is 13.0. The summed E-state index contributed by atoms with van der Waals surface area (Å²) < 4.78 is 0. The predicted molar refractivity (Wildman–Crippen MR) is 77.0 cm³/mol. The highest BCUT2D eigenvalue weighted by Crippen LogP contribution is 2.41. The van der Waals surface area contributed by atoms with E-state index in [9.17, 15) is 4.79 Å². The number of hydrogen-bond acceptors (Lipinski definition) is 2. The highest BCUT2D eigenvalue weighted by atomic mass is 32.1. The van der Waals surface area contributed by atoms with E-state index in [0.717, 1.165) is 16.8 Å². The Bertz CT molecular complexity index is 713. The smallest absolute Gasteiger partial charge is 0.259 e. The average Bonchev–Trinajstić information content (AvgIpc) is 2.95. The van der Waals surface area contributed by atoms with Gasteiger partial charge < -0.3 is 4.90 Å². The first kappa shape index (κ1) is 11.0. The van der Waals surface area contributed by atoms with Gasteiger partial charge in [0.2, 0.25) is 0 Å². The minimum Gasteiger partial charge on any atom is -0.304 e. The van der Waals surface area contributed by atoms with Crippen LogP contribution in [0.15, 0.2) is 41.8 Å². The normalized spacial score (nSPS) is 20.5. The molecule has 94 valence electrons. The summed E-state index contributed by atoms with van der Waals surface area (Å²) in [4.78, 5) is 15.8. The molecule has 1 atom stereocenters. The molecule has 0 spiro atoms. The minimum atomic E-state index is 0.133. The van der Waals surface area contributed by atoms with Crippen molar-refractivity contribution in [2.45, 2.75) is 19.4 Å². The molecule has 19 heavy (non-hydrogen) atoms. The molecule has 2 aromatic rings.